The van der Waals surface area contributed by atoms with E-state index >= 15 is 0 Å². The van der Waals surface area contributed by atoms with Crippen molar-refractivity contribution in [3.63, 3.8) is 0 Å². The zero-order valence-electron chi connectivity index (χ0n) is 21.9. The topological polar surface area (TPSA) is 111 Å². The summed E-state index contributed by atoms with van der Waals surface area (Å²) < 4.78 is 33.3. The Morgan fingerprint density at radius 3 is 2.53 bits per heavy atom. The summed E-state index contributed by atoms with van der Waals surface area (Å²) in [7, 11) is -2.34. The second kappa shape index (κ2) is 10.8. The molecule has 202 valence electrons. The van der Waals surface area contributed by atoms with E-state index in [1.165, 1.54) is 13.5 Å². The normalized spacial score (nSPS) is 17.2. The van der Waals surface area contributed by atoms with Crippen LogP contribution in [0.1, 0.15) is 66.5 Å². The molecule has 0 unspecified atom stereocenters. The third-order valence-corrected chi connectivity index (χ3v) is 8.30. The van der Waals surface area contributed by atoms with Crippen LogP contribution in [-0.4, -0.2) is 54.8 Å². The molecule has 9 nitrogen and oxygen atoms in total. The van der Waals surface area contributed by atoms with Gasteiger partial charge in [-0.25, -0.2) is 18.2 Å². The van der Waals surface area contributed by atoms with Crippen molar-refractivity contribution < 1.29 is 22.7 Å². The van der Waals surface area contributed by atoms with Gasteiger partial charge in [0.05, 0.1) is 36.9 Å². The van der Waals surface area contributed by atoms with Crippen LogP contribution in [0.25, 0.3) is 11.0 Å². The van der Waals surface area contributed by atoms with E-state index in [9.17, 15) is 18.0 Å². The smallest absolute Gasteiger partial charge is 0.409 e. The van der Waals surface area contributed by atoms with Crippen molar-refractivity contribution in [3.8, 4) is 0 Å². The summed E-state index contributed by atoms with van der Waals surface area (Å²) in [6.45, 7) is 1.26. The molecule has 38 heavy (non-hydrogen) atoms. The Bertz CT molecular complexity index is 1440. The summed E-state index contributed by atoms with van der Waals surface area (Å²) >= 11 is 0. The second-order valence-corrected chi connectivity index (χ2v) is 12.1. The number of methoxy groups -OCH3 is 1. The predicted molar refractivity (Wildman–Crippen MR) is 144 cm³/mol. The summed E-state index contributed by atoms with van der Waals surface area (Å²) in [5.41, 5.74) is 4.63. The van der Waals surface area contributed by atoms with Gasteiger partial charge in [-0.3, -0.25) is 9.52 Å². The maximum absolute atomic E-state index is 13.3. The molecule has 1 aliphatic carbocycles. The molecule has 1 fully saturated rings. The van der Waals surface area contributed by atoms with Crippen LogP contribution in [-0.2, 0) is 39.1 Å². The van der Waals surface area contributed by atoms with Crippen LogP contribution in [0.3, 0.4) is 0 Å². The van der Waals surface area contributed by atoms with Gasteiger partial charge in [0, 0.05) is 24.6 Å². The van der Waals surface area contributed by atoms with Crippen LogP contribution >= 0.6 is 0 Å². The third kappa shape index (κ3) is 5.41. The highest BCUT2D eigenvalue weighted by Gasteiger charge is 2.31. The van der Waals surface area contributed by atoms with E-state index in [1.54, 1.807) is 4.90 Å². The van der Waals surface area contributed by atoms with E-state index < -0.39 is 21.8 Å². The Kier molecular flexibility index (Phi) is 7.43. The van der Waals surface area contributed by atoms with Gasteiger partial charge in [0.25, 0.3) is 0 Å². The Labute approximate surface area is 223 Å². The first-order chi connectivity index (χ1) is 18.2. The highest BCUT2D eigenvalue weighted by Crippen LogP contribution is 2.37. The Hall–Kier alpha value is -3.40. The summed E-state index contributed by atoms with van der Waals surface area (Å²) in [6.07, 6.45) is 6.83. The lowest BCUT2D eigenvalue weighted by Crippen LogP contribution is -2.36. The highest BCUT2D eigenvalue weighted by molar-refractivity contribution is 7.89. The summed E-state index contributed by atoms with van der Waals surface area (Å²) in [6, 6.07) is 13.4. The van der Waals surface area contributed by atoms with Gasteiger partial charge in [0.15, 0.2) is 0 Å². The van der Waals surface area contributed by atoms with Crippen molar-refractivity contribution in [1.29, 1.82) is 0 Å². The molecule has 1 N–H and O–H groups in total. The molecule has 0 bridgehead atoms. The molecule has 1 aliphatic heterocycles. The van der Waals surface area contributed by atoms with Gasteiger partial charge in [-0.2, -0.15) is 0 Å². The van der Waals surface area contributed by atoms with Gasteiger partial charge in [0.1, 0.15) is 5.82 Å². The van der Waals surface area contributed by atoms with E-state index in [4.69, 9.17) is 9.72 Å². The number of sulfonamides is 1. The van der Waals surface area contributed by atoms with E-state index in [0.717, 1.165) is 71.9 Å². The minimum Gasteiger partial charge on any atom is -0.453 e. The third-order valence-electron chi connectivity index (χ3n) is 7.72. The molecule has 0 saturated heterocycles. The van der Waals surface area contributed by atoms with Crippen LogP contribution in [0.15, 0.2) is 42.5 Å². The van der Waals surface area contributed by atoms with Gasteiger partial charge >= 0.3 is 6.09 Å². The molecule has 2 amide bonds. The van der Waals surface area contributed by atoms with Crippen LogP contribution < -0.4 is 4.72 Å². The quantitative estimate of drug-likeness (QED) is 0.507. The Balaban J connectivity index is 1.63. The van der Waals surface area contributed by atoms with Gasteiger partial charge < -0.3 is 14.2 Å². The number of ether oxygens (including phenoxy) is 1. The first kappa shape index (κ1) is 26.2. The fourth-order valence-electron chi connectivity index (χ4n) is 5.85. The number of imidazole rings is 1. The summed E-state index contributed by atoms with van der Waals surface area (Å²) in [5, 5.41) is 0. The van der Waals surface area contributed by atoms with Gasteiger partial charge in [-0.05, 0) is 36.5 Å². The first-order valence-corrected chi connectivity index (χ1v) is 15.0. The summed E-state index contributed by atoms with van der Waals surface area (Å²) in [5.74, 6) is -0.115. The second-order valence-electron chi connectivity index (χ2n) is 10.3. The van der Waals surface area contributed by atoms with E-state index in [0.29, 0.717) is 13.1 Å². The molecule has 1 saturated carbocycles. The van der Waals surface area contributed by atoms with E-state index in [-0.39, 0.29) is 18.6 Å². The number of carbonyl (C=O) groups excluding carboxylic acids is 2. The number of amides is 2. The number of benzene rings is 2. The zero-order chi connectivity index (χ0) is 26.9. The molecule has 2 aromatic carbocycles. The number of carbonyl (C=O) groups is 2. The average molecular weight is 539 g/mol. The van der Waals surface area contributed by atoms with Gasteiger partial charge in [-0.1, -0.05) is 55.7 Å². The van der Waals surface area contributed by atoms with Crippen molar-refractivity contribution in [2.24, 2.45) is 0 Å². The molecule has 10 heteroatoms. The maximum Gasteiger partial charge on any atom is 0.409 e. The predicted octanol–water partition coefficient (Wildman–Crippen LogP) is 4.07. The molecule has 2 aliphatic rings. The molecule has 1 aromatic heterocycles. The number of fused-ring (bicyclic) bond motifs is 3. The lowest BCUT2D eigenvalue weighted by atomic mass is 9.88. The van der Waals surface area contributed by atoms with Crippen LogP contribution in [0, 0.1) is 0 Å². The number of hydrogen-bond acceptors (Lipinski definition) is 6. The number of nitrogens with one attached hydrogen (secondary N) is 1. The molecular weight excluding hydrogens is 504 g/mol. The number of hydrogen-bond donors (Lipinski definition) is 1. The fraction of sp³-hybridized carbons (Fsp3) is 0.464. The molecular formula is C28H34N4O5S. The van der Waals surface area contributed by atoms with Crippen molar-refractivity contribution in [2.45, 2.75) is 63.5 Å². The average Bonchev–Trinajstić information content (AvgIpc) is 3.29. The van der Waals surface area contributed by atoms with Crippen molar-refractivity contribution in [3.05, 3.63) is 65.0 Å². The molecule has 2 heterocycles. The van der Waals surface area contributed by atoms with Crippen molar-refractivity contribution >= 4 is 33.1 Å². The molecule has 1 atom stereocenters. The molecule has 3 aromatic rings. The minimum absolute atomic E-state index is 0.251. The molecule has 0 spiro atoms. The van der Waals surface area contributed by atoms with Gasteiger partial charge in [0.2, 0.25) is 15.9 Å². The lowest BCUT2D eigenvalue weighted by molar-refractivity contribution is -0.121. The minimum atomic E-state index is -3.73. The van der Waals surface area contributed by atoms with E-state index in [1.807, 2.05) is 30.3 Å². The highest BCUT2D eigenvalue weighted by atomic mass is 32.2. The first-order valence-electron chi connectivity index (χ1n) is 13.2. The van der Waals surface area contributed by atoms with Gasteiger partial charge in [-0.15, -0.1) is 0 Å². The largest absolute Gasteiger partial charge is 0.453 e. The summed E-state index contributed by atoms with van der Waals surface area (Å²) in [4.78, 5) is 32.5. The monoisotopic (exact) mass is 538 g/mol. The Morgan fingerprint density at radius 2 is 1.84 bits per heavy atom. The van der Waals surface area contributed by atoms with E-state index in [2.05, 4.69) is 21.4 Å². The van der Waals surface area contributed by atoms with Crippen molar-refractivity contribution in [2.75, 3.05) is 19.9 Å². The van der Waals surface area contributed by atoms with Crippen LogP contribution in [0.5, 0.6) is 0 Å². The van der Waals surface area contributed by atoms with Crippen LogP contribution in [0.2, 0.25) is 0 Å². The van der Waals surface area contributed by atoms with Crippen molar-refractivity contribution in [1.82, 2.24) is 19.2 Å². The number of nitrogens with zero attached hydrogens (tertiary/aromatic N) is 3. The SMILES string of the molecule is COC(=O)N1CCc2ccc3c(nc(C4CCCCC4)n3C[C@H](C(=O)NS(C)(=O)=O)c3ccccc3)c2C1. The number of rotatable bonds is 6. The number of aromatic nitrogens is 2. The maximum atomic E-state index is 13.3. The standard InChI is InChI=1S/C28H34N4O5S/c1-37-28(34)31-16-15-20-13-14-24-25(22(20)17-31)29-26(21-11-7-4-8-12-21)32(24)18-23(19-9-5-3-6-10-19)27(33)30-38(2,35)36/h3,5-6,9-10,13-14,21,23H,4,7-8,11-12,15-18H2,1-2H3,(H,30,33)/t23-/m0/s1. The van der Waals surface area contributed by atoms with Crippen LogP contribution in [0.4, 0.5) is 4.79 Å². The fourth-order valence-corrected chi connectivity index (χ4v) is 6.36. The zero-order valence-corrected chi connectivity index (χ0v) is 22.7. The lowest BCUT2D eigenvalue weighted by Gasteiger charge is -2.27. The molecule has 0 radical (unpaired) electrons. The Morgan fingerprint density at radius 1 is 1.11 bits per heavy atom. The molecule has 5 rings (SSSR count).